The van der Waals surface area contributed by atoms with Crippen molar-refractivity contribution in [3.8, 4) is 0 Å². The van der Waals surface area contributed by atoms with Crippen molar-refractivity contribution in [1.29, 1.82) is 0 Å². The summed E-state index contributed by atoms with van der Waals surface area (Å²) < 4.78 is 5.56. The number of hydrogen-bond donors (Lipinski definition) is 0. The van der Waals surface area contributed by atoms with Gasteiger partial charge in [0.1, 0.15) is 18.0 Å². The van der Waals surface area contributed by atoms with Crippen molar-refractivity contribution in [2.75, 3.05) is 18.0 Å². The molecule has 6 heteroatoms. The number of fused-ring (bicyclic) bond motifs is 1. The predicted octanol–water partition coefficient (Wildman–Crippen LogP) is 4.21. The van der Waals surface area contributed by atoms with E-state index in [1.54, 1.807) is 11.3 Å². The summed E-state index contributed by atoms with van der Waals surface area (Å²) in [5, 5.41) is 3.96. The van der Waals surface area contributed by atoms with E-state index in [2.05, 4.69) is 16.8 Å². The first kappa shape index (κ1) is 17.0. The molecule has 1 aromatic carbocycles. The first-order valence-corrected chi connectivity index (χ1v) is 9.87. The third kappa shape index (κ3) is 3.42. The minimum absolute atomic E-state index is 0.196. The Hall–Kier alpha value is -2.47. The lowest BCUT2D eigenvalue weighted by atomic mass is 10.1. The van der Waals surface area contributed by atoms with Gasteiger partial charge in [0, 0.05) is 23.9 Å². The highest BCUT2D eigenvalue weighted by atomic mass is 32.1. The third-order valence-corrected chi connectivity index (χ3v) is 5.62. The second-order valence-corrected chi connectivity index (χ2v) is 7.35. The molecule has 0 aliphatic carbocycles. The summed E-state index contributed by atoms with van der Waals surface area (Å²) in [7, 11) is 0. The van der Waals surface area contributed by atoms with E-state index in [4.69, 9.17) is 9.72 Å². The number of esters is 1. The van der Waals surface area contributed by atoms with Crippen LogP contribution in [0.1, 0.15) is 40.8 Å². The van der Waals surface area contributed by atoms with Crippen molar-refractivity contribution in [3.05, 3.63) is 52.0 Å². The van der Waals surface area contributed by atoms with Gasteiger partial charge in [0.15, 0.2) is 0 Å². The van der Waals surface area contributed by atoms with Gasteiger partial charge in [0.05, 0.1) is 16.2 Å². The first-order valence-electron chi connectivity index (χ1n) is 8.99. The molecule has 0 unspecified atom stereocenters. The van der Waals surface area contributed by atoms with Crippen LogP contribution in [0.5, 0.6) is 0 Å². The average Bonchev–Trinajstić information content (AvgIpc) is 3.36. The lowest BCUT2D eigenvalue weighted by Gasteiger charge is -2.20. The van der Waals surface area contributed by atoms with E-state index < -0.39 is 0 Å². The Bertz CT molecular complexity index is 932. The van der Waals surface area contributed by atoms with Crippen molar-refractivity contribution in [3.63, 3.8) is 0 Å². The number of benzene rings is 1. The molecule has 0 N–H and O–H groups in total. The average molecular weight is 367 g/mol. The van der Waals surface area contributed by atoms with Crippen LogP contribution in [0, 0.1) is 0 Å². The van der Waals surface area contributed by atoms with E-state index in [-0.39, 0.29) is 12.6 Å². The highest BCUT2D eigenvalue weighted by Crippen LogP contribution is 2.27. The number of para-hydroxylation sites is 1. The molecule has 1 aliphatic rings. The number of aromatic nitrogens is 2. The van der Waals surface area contributed by atoms with E-state index in [9.17, 15) is 4.79 Å². The molecule has 0 atom stereocenters. The number of ether oxygens (including phenoxy) is 1. The van der Waals surface area contributed by atoms with Gasteiger partial charge in [-0.1, -0.05) is 25.1 Å². The van der Waals surface area contributed by atoms with Gasteiger partial charge in [0.2, 0.25) is 0 Å². The fourth-order valence-electron chi connectivity index (χ4n) is 3.22. The third-order valence-electron chi connectivity index (χ3n) is 4.58. The number of nitrogens with zero attached hydrogens (tertiary/aromatic N) is 3. The maximum atomic E-state index is 12.8. The fraction of sp³-hybridized carbons (Fsp3) is 0.350. The Morgan fingerprint density at radius 2 is 2.04 bits per heavy atom. The van der Waals surface area contributed by atoms with Gasteiger partial charge >= 0.3 is 5.97 Å². The summed E-state index contributed by atoms with van der Waals surface area (Å²) >= 11 is 1.60. The molecular formula is C20H21N3O2S. The standard InChI is InChI=1S/C20H21N3O2S/c1-2-18-21-15(13-26-18)12-25-20(24)16-11-14-7-3-4-8-17(14)22-19(16)23-9-5-6-10-23/h3-4,7-8,11,13H,2,5-6,9-10,12H2,1H3. The lowest BCUT2D eigenvalue weighted by molar-refractivity contribution is 0.0469. The van der Waals surface area contributed by atoms with Crippen molar-refractivity contribution in [2.45, 2.75) is 32.8 Å². The minimum Gasteiger partial charge on any atom is -0.455 e. The van der Waals surface area contributed by atoms with Crippen molar-refractivity contribution in [2.24, 2.45) is 0 Å². The minimum atomic E-state index is -0.337. The van der Waals surface area contributed by atoms with Crippen LogP contribution in [0.25, 0.3) is 10.9 Å². The van der Waals surface area contributed by atoms with Gasteiger partial charge in [-0.05, 0) is 31.4 Å². The fourth-order valence-corrected chi connectivity index (χ4v) is 3.95. The first-order chi connectivity index (χ1) is 12.7. The molecule has 1 aliphatic heterocycles. The molecule has 134 valence electrons. The van der Waals surface area contributed by atoms with Crippen LogP contribution >= 0.6 is 11.3 Å². The number of pyridine rings is 1. The smallest absolute Gasteiger partial charge is 0.342 e. The number of anilines is 1. The summed E-state index contributed by atoms with van der Waals surface area (Å²) in [4.78, 5) is 24.2. The number of hydrogen-bond acceptors (Lipinski definition) is 6. The number of thiazole rings is 1. The topological polar surface area (TPSA) is 55.3 Å². The lowest BCUT2D eigenvalue weighted by Crippen LogP contribution is -2.23. The highest BCUT2D eigenvalue weighted by Gasteiger charge is 2.23. The zero-order valence-electron chi connectivity index (χ0n) is 14.8. The van der Waals surface area contributed by atoms with Crippen LogP contribution in [-0.4, -0.2) is 29.0 Å². The van der Waals surface area contributed by atoms with E-state index in [0.29, 0.717) is 5.56 Å². The van der Waals surface area contributed by atoms with Crippen LogP contribution in [0.4, 0.5) is 5.82 Å². The summed E-state index contributed by atoms with van der Waals surface area (Å²) in [5.74, 6) is 0.398. The van der Waals surface area contributed by atoms with Crippen LogP contribution in [-0.2, 0) is 17.8 Å². The summed E-state index contributed by atoms with van der Waals surface area (Å²) in [6.45, 7) is 4.12. The Morgan fingerprint density at radius 3 is 2.81 bits per heavy atom. The van der Waals surface area contributed by atoms with Gasteiger partial charge in [-0.3, -0.25) is 0 Å². The van der Waals surface area contributed by atoms with Crippen molar-refractivity contribution >= 4 is 34.0 Å². The molecule has 3 heterocycles. The summed E-state index contributed by atoms with van der Waals surface area (Å²) in [6, 6.07) is 9.77. The number of carbonyl (C=O) groups excluding carboxylic acids is 1. The largest absolute Gasteiger partial charge is 0.455 e. The van der Waals surface area contributed by atoms with Crippen molar-refractivity contribution in [1.82, 2.24) is 9.97 Å². The van der Waals surface area contributed by atoms with E-state index in [0.717, 1.165) is 59.8 Å². The van der Waals surface area contributed by atoms with E-state index in [1.807, 2.05) is 35.7 Å². The zero-order valence-corrected chi connectivity index (χ0v) is 15.6. The molecule has 0 bridgehead atoms. The molecule has 3 aromatic rings. The van der Waals surface area contributed by atoms with Gasteiger partial charge in [-0.15, -0.1) is 11.3 Å². The molecule has 0 amide bonds. The zero-order chi connectivity index (χ0) is 17.9. The number of carbonyl (C=O) groups is 1. The van der Waals surface area contributed by atoms with Crippen LogP contribution in [0.15, 0.2) is 35.7 Å². The Kier molecular flexibility index (Phi) is 4.84. The number of rotatable bonds is 5. The Balaban J connectivity index is 1.62. The molecule has 26 heavy (non-hydrogen) atoms. The molecule has 4 rings (SSSR count). The summed E-state index contributed by atoms with van der Waals surface area (Å²) in [5.41, 5.74) is 2.24. The number of aryl methyl sites for hydroxylation is 1. The Morgan fingerprint density at radius 1 is 1.23 bits per heavy atom. The quantitative estimate of drug-likeness (QED) is 0.632. The van der Waals surface area contributed by atoms with Crippen LogP contribution in [0.2, 0.25) is 0 Å². The molecule has 0 saturated carbocycles. The molecule has 1 fully saturated rings. The van der Waals surface area contributed by atoms with E-state index in [1.165, 1.54) is 0 Å². The molecule has 0 spiro atoms. The second-order valence-electron chi connectivity index (χ2n) is 6.41. The van der Waals surface area contributed by atoms with Crippen molar-refractivity contribution < 1.29 is 9.53 Å². The highest BCUT2D eigenvalue weighted by molar-refractivity contribution is 7.09. The molecule has 2 aromatic heterocycles. The predicted molar refractivity (Wildman–Crippen MR) is 104 cm³/mol. The molecule has 1 saturated heterocycles. The van der Waals surface area contributed by atoms with Gasteiger partial charge in [0.25, 0.3) is 0 Å². The second kappa shape index (κ2) is 7.41. The Labute approximate surface area is 156 Å². The van der Waals surface area contributed by atoms with Crippen LogP contribution < -0.4 is 4.90 Å². The maximum absolute atomic E-state index is 12.8. The SMILES string of the molecule is CCc1nc(COC(=O)c2cc3ccccc3nc2N2CCCC2)cs1. The molecule has 0 radical (unpaired) electrons. The molecular weight excluding hydrogens is 346 g/mol. The summed E-state index contributed by atoms with van der Waals surface area (Å²) in [6.07, 6.45) is 3.15. The van der Waals surface area contributed by atoms with Crippen LogP contribution in [0.3, 0.4) is 0 Å². The molecule has 5 nitrogen and oxygen atoms in total. The van der Waals surface area contributed by atoms with Gasteiger partial charge in [-0.2, -0.15) is 0 Å². The van der Waals surface area contributed by atoms with E-state index >= 15 is 0 Å². The van der Waals surface area contributed by atoms with Gasteiger partial charge in [-0.25, -0.2) is 14.8 Å². The maximum Gasteiger partial charge on any atom is 0.342 e. The van der Waals surface area contributed by atoms with Gasteiger partial charge < -0.3 is 9.64 Å². The normalized spacial score (nSPS) is 14.1. The monoisotopic (exact) mass is 367 g/mol.